The molecule has 34 heavy (non-hydrogen) atoms. The highest BCUT2D eigenvalue weighted by Gasteiger charge is 2.10. The summed E-state index contributed by atoms with van der Waals surface area (Å²) >= 11 is 0. The zero-order chi connectivity index (χ0) is 23.9. The molecule has 0 saturated heterocycles. The van der Waals surface area contributed by atoms with E-state index in [0.717, 1.165) is 39.1 Å². The lowest BCUT2D eigenvalue weighted by molar-refractivity contribution is -0.113. The molecule has 0 unspecified atom stereocenters. The smallest absolute Gasteiger partial charge is 0.335 e. The number of carboxylic acid groups (broad SMARTS) is 1. The van der Waals surface area contributed by atoms with E-state index in [1.54, 1.807) is 24.3 Å². The van der Waals surface area contributed by atoms with Gasteiger partial charge in [0.15, 0.2) is 0 Å². The molecule has 0 bridgehead atoms. The van der Waals surface area contributed by atoms with Gasteiger partial charge < -0.3 is 15.6 Å². The number of rotatable bonds is 8. The van der Waals surface area contributed by atoms with Crippen molar-refractivity contribution in [1.82, 2.24) is 0 Å². The Hall–Kier alpha value is -4.64. The van der Waals surface area contributed by atoms with Crippen LogP contribution in [0.2, 0.25) is 0 Å². The van der Waals surface area contributed by atoms with Crippen molar-refractivity contribution in [2.75, 3.05) is 0 Å². The van der Waals surface area contributed by atoms with Crippen LogP contribution in [0.3, 0.4) is 0 Å². The fourth-order valence-electron chi connectivity index (χ4n) is 3.64. The van der Waals surface area contributed by atoms with Crippen molar-refractivity contribution in [1.29, 1.82) is 0 Å². The molecule has 0 spiro atoms. The second kappa shape index (κ2) is 10.3. The van der Waals surface area contributed by atoms with Gasteiger partial charge >= 0.3 is 5.97 Å². The van der Waals surface area contributed by atoms with Gasteiger partial charge in [0.1, 0.15) is 12.4 Å². The first-order valence-electron chi connectivity index (χ1n) is 10.7. The molecule has 3 N–H and O–H groups in total. The van der Waals surface area contributed by atoms with Crippen LogP contribution < -0.4 is 10.5 Å². The summed E-state index contributed by atoms with van der Waals surface area (Å²) < 4.78 is 5.97. The molecule has 0 aliphatic heterocycles. The number of carbonyl (C=O) groups is 2. The van der Waals surface area contributed by atoms with E-state index in [1.165, 1.54) is 6.08 Å². The van der Waals surface area contributed by atoms with Gasteiger partial charge in [-0.3, -0.25) is 4.79 Å². The largest absolute Gasteiger partial charge is 0.489 e. The molecule has 0 aliphatic carbocycles. The van der Waals surface area contributed by atoms with Crippen LogP contribution in [0.1, 0.15) is 21.5 Å². The summed E-state index contributed by atoms with van der Waals surface area (Å²) in [6.07, 6.45) is 2.98. The normalized spacial score (nSPS) is 10.8. The van der Waals surface area contributed by atoms with Gasteiger partial charge in [0.25, 0.3) is 0 Å². The molecule has 0 atom stereocenters. The summed E-state index contributed by atoms with van der Waals surface area (Å²) in [7, 11) is 0. The van der Waals surface area contributed by atoms with Crippen molar-refractivity contribution in [2.24, 2.45) is 5.73 Å². The Morgan fingerprint density at radius 3 is 2.29 bits per heavy atom. The van der Waals surface area contributed by atoms with Crippen LogP contribution in [-0.4, -0.2) is 17.0 Å². The summed E-state index contributed by atoms with van der Waals surface area (Å²) in [5, 5.41) is 9.32. The zero-order valence-electron chi connectivity index (χ0n) is 18.3. The molecular formula is C29H23NO4. The first-order valence-corrected chi connectivity index (χ1v) is 10.7. The van der Waals surface area contributed by atoms with E-state index >= 15 is 0 Å². The third-order valence-corrected chi connectivity index (χ3v) is 5.31. The van der Waals surface area contributed by atoms with E-state index in [-0.39, 0.29) is 5.56 Å². The fraction of sp³-hybridized carbons (Fsp3) is 0.0345. The van der Waals surface area contributed by atoms with Crippen LogP contribution in [0, 0.1) is 0 Å². The number of carbonyl (C=O) groups excluding carboxylic acids is 1. The maximum absolute atomic E-state index is 11.4. The Kier molecular flexibility index (Phi) is 6.84. The van der Waals surface area contributed by atoms with Crippen molar-refractivity contribution in [3.8, 4) is 28.0 Å². The van der Waals surface area contributed by atoms with E-state index in [9.17, 15) is 14.7 Å². The molecule has 0 radical (unpaired) electrons. The van der Waals surface area contributed by atoms with Gasteiger partial charge in [-0.25, -0.2) is 4.79 Å². The van der Waals surface area contributed by atoms with E-state index in [0.29, 0.717) is 6.61 Å². The van der Waals surface area contributed by atoms with Crippen molar-refractivity contribution in [3.63, 3.8) is 0 Å². The lowest BCUT2D eigenvalue weighted by atomic mass is 9.94. The lowest BCUT2D eigenvalue weighted by Crippen LogP contribution is -2.05. The molecule has 0 heterocycles. The summed E-state index contributed by atoms with van der Waals surface area (Å²) in [5.41, 5.74) is 10.8. The predicted octanol–water partition coefficient (Wildman–Crippen LogP) is 5.80. The molecular weight excluding hydrogens is 426 g/mol. The molecule has 4 aromatic rings. The second-order valence-corrected chi connectivity index (χ2v) is 7.73. The van der Waals surface area contributed by atoms with E-state index < -0.39 is 11.9 Å². The van der Waals surface area contributed by atoms with Crippen LogP contribution in [0.5, 0.6) is 5.75 Å². The molecule has 4 rings (SSSR count). The number of nitrogens with two attached hydrogens (primary N) is 1. The number of hydrogen-bond acceptors (Lipinski definition) is 3. The number of ether oxygens (including phenoxy) is 1. The molecule has 0 saturated carbocycles. The molecule has 0 aliphatic rings. The number of primary amides is 1. The van der Waals surface area contributed by atoms with Crippen LogP contribution in [-0.2, 0) is 11.4 Å². The maximum Gasteiger partial charge on any atom is 0.335 e. The van der Waals surface area contributed by atoms with Crippen molar-refractivity contribution in [2.45, 2.75) is 6.61 Å². The Bertz CT molecular complexity index is 1360. The average Bonchev–Trinajstić information content (AvgIpc) is 2.87. The molecule has 4 aromatic carbocycles. The fourth-order valence-corrected chi connectivity index (χ4v) is 3.64. The van der Waals surface area contributed by atoms with E-state index in [1.807, 2.05) is 78.9 Å². The minimum absolute atomic E-state index is 0.207. The van der Waals surface area contributed by atoms with Crippen molar-refractivity contribution in [3.05, 3.63) is 120 Å². The van der Waals surface area contributed by atoms with Crippen LogP contribution in [0.25, 0.3) is 28.3 Å². The van der Waals surface area contributed by atoms with Gasteiger partial charge in [-0.05, 0) is 69.8 Å². The summed E-state index contributed by atoms with van der Waals surface area (Å²) in [6.45, 7) is 0.456. The van der Waals surface area contributed by atoms with Gasteiger partial charge in [-0.1, -0.05) is 66.7 Å². The number of carboxylic acids is 1. The predicted molar refractivity (Wildman–Crippen MR) is 133 cm³/mol. The topological polar surface area (TPSA) is 89.6 Å². The minimum Gasteiger partial charge on any atom is -0.489 e. The number of amides is 1. The summed E-state index contributed by atoms with van der Waals surface area (Å²) in [5.74, 6) is -0.812. The Labute approximate surface area is 197 Å². The number of benzene rings is 4. The van der Waals surface area contributed by atoms with Crippen molar-refractivity contribution >= 4 is 18.0 Å². The van der Waals surface area contributed by atoms with Gasteiger partial charge in [0, 0.05) is 6.08 Å². The maximum atomic E-state index is 11.4. The third kappa shape index (κ3) is 5.58. The average molecular weight is 450 g/mol. The highest BCUT2D eigenvalue weighted by Crippen LogP contribution is 2.32. The summed E-state index contributed by atoms with van der Waals surface area (Å²) in [6, 6.07) is 30.2. The summed E-state index contributed by atoms with van der Waals surface area (Å²) in [4.78, 5) is 22.8. The second-order valence-electron chi connectivity index (χ2n) is 7.73. The van der Waals surface area contributed by atoms with Crippen molar-refractivity contribution < 1.29 is 19.4 Å². The van der Waals surface area contributed by atoms with Gasteiger partial charge in [0.2, 0.25) is 5.91 Å². The molecule has 5 nitrogen and oxygen atoms in total. The molecule has 5 heteroatoms. The quantitative estimate of drug-likeness (QED) is 0.333. The van der Waals surface area contributed by atoms with Crippen LogP contribution in [0.4, 0.5) is 0 Å². The number of aromatic carboxylic acids is 1. The third-order valence-electron chi connectivity index (χ3n) is 5.31. The van der Waals surface area contributed by atoms with E-state index in [4.69, 9.17) is 10.5 Å². The van der Waals surface area contributed by atoms with E-state index in [2.05, 4.69) is 0 Å². The first kappa shape index (κ1) is 22.6. The monoisotopic (exact) mass is 449 g/mol. The van der Waals surface area contributed by atoms with Crippen LogP contribution >= 0.6 is 0 Å². The van der Waals surface area contributed by atoms with Gasteiger partial charge in [0.05, 0.1) is 5.56 Å². The Morgan fingerprint density at radius 2 is 1.53 bits per heavy atom. The first-order chi connectivity index (χ1) is 16.5. The number of hydrogen-bond donors (Lipinski definition) is 2. The molecule has 168 valence electrons. The lowest BCUT2D eigenvalue weighted by Gasteiger charge is -2.12. The minimum atomic E-state index is -0.986. The standard InChI is InChI=1S/C29H23NO4/c30-28(31)15-13-24-16-22(21-8-4-10-25(17-21)29(32)33)12-14-27(24)23-9-5-11-26(18-23)34-19-20-6-2-1-3-7-20/h1-18H,19H2,(H2,30,31)(H,32,33)/b15-13+. The van der Waals surface area contributed by atoms with Crippen LogP contribution in [0.15, 0.2) is 103 Å². The van der Waals surface area contributed by atoms with Gasteiger partial charge in [-0.15, -0.1) is 0 Å². The Balaban J connectivity index is 1.69. The van der Waals surface area contributed by atoms with Gasteiger partial charge in [-0.2, -0.15) is 0 Å². The Morgan fingerprint density at radius 1 is 0.794 bits per heavy atom. The highest BCUT2D eigenvalue weighted by molar-refractivity contribution is 5.93. The SMILES string of the molecule is NC(=O)/C=C/c1cc(-c2cccc(C(=O)O)c2)ccc1-c1cccc(OCc2ccccc2)c1. The highest BCUT2D eigenvalue weighted by atomic mass is 16.5. The molecule has 1 amide bonds. The molecule has 0 fully saturated rings. The zero-order valence-corrected chi connectivity index (χ0v) is 18.3. The molecule has 0 aromatic heterocycles.